The van der Waals surface area contributed by atoms with Gasteiger partial charge in [0.2, 0.25) is 5.91 Å². The summed E-state index contributed by atoms with van der Waals surface area (Å²) in [5.74, 6) is -0.323. The van der Waals surface area contributed by atoms with Crippen molar-refractivity contribution < 1.29 is 20.1 Å². The normalized spacial score (nSPS) is 13.6. The maximum atomic E-state index is 12.5. The molecule has 0 saturated carbocycles. The SMILES string of the molecule is CCCCCCCCCCC/C=C\C/C=C\CCCCCCCCCCCCCCCC(O)CC(=O)NC(CO)C(O)/C=C/CC/C=C/CCCCCCCCCCCCCCCCC. The van der Waals surface area contributed by atoms with Gasteiger partial charge >= 0.3 is 0 Å². The van der Waals surface area contributed by atoms with Gasteiger partial charge in [0.05, 0.1) is 31.3 Å². The van der Waals surface area contributed by atoms with E-state index >= 15 is 0 Å². The number of hydrogen-bond acceptors (Lipinski definition) is 4. The molecule has 65 heavy (non-hydrogen) atoms. The van der Waals surface area contributed by atoms with Crippen LogP contribution in [0.15, 0.2) is 48.6 Å². The Balaban J connectivity index is 3.59. The molecule has 3 unspecified atom stereocenters. The van der Waals surface area contributed by atoms with E-state index in [1.54, 1.807) is 6.08 Å². The quantitative estimate of drug-likeness (QED) is 0.0361. The van der Waals surface area contributed by atoms with Crippen molar-refractivity contribution in [1.29, 1.82) is 0 Å². The van der Waals surface area contributed by atoms with Gasteiger partial charge in [-0.05, 0) is 64.2 Å². The Morgan fingerprint density at radius 3 is 1.08 bits per heavy atom. The summed E-state index contributed by atoms with van der Waals surface area (Å²) in [6, 6.07) is -0.763. The fourth-order valence-corrected chi connectivity index (χ4v) is 8.92. The number of amides is 1. The topological polar surface area (TPSA) is 89.8 Å². The lowest BCUT2D eigenvalue weighted by Gasteiger charge is -2.21. The fraction of sp³-hybridized carbons (Fsp3) is 0.850. The van der Waals surface area contributed by atoms with Gasteiger partial charge in [0.15, 0.2) is 0 Å². The van der Waals surface area contributed by atoms with E-state index in [-0.39, 0.29) is 18.9 Å². The van der Waals surface area contributed by atoms with Crippen molar-refractivity contribution in [1.82, 2.24) is 5.32 Å². The third kappa shape index (κ3) is 51.5. The van der Waals surface area contributed by atoms with Gasteiger partial charge in [-0.15, -0.1) is 0 Å². The summed E-state index contributed by atoms with van der Waals surface area (Å²) < 4.78 is 0. The van der Waals surface area contributed by atoms with Crippen LogP contribution in [0.4, 0.5) is 0 Å². The highest BCUT2D eigenvalue weighted by Gasteiger charge is 2.20. The van der Waals surface area contributed by atoms with Gasteiger partial charge in [0.25, 0.3) is 0 Å². The van der Waals surface area contributed by atoms with Crippen LogP contribution < -0.4 is 5.32 Å². The lowest BCUT2D eigenvalue weighted by Crippen LogP contribution is -2.45. The van der Waals surface area contributed by atoms with Gasteiger partial charge in [-0.3, -0.25) is 4.79 Å². The molecule has 4 N–H and O–H groups in total. The van der Waals surface area contributed by atoms with E-state index < -0.39 is 18.2 Å². The van der Waals surface area contributed by atoms with Crippen LogP contribution in [0.2, 0.25) is 0 Å². The highest BCUT2D eigenvalue weighted by molar-refractivity contribution is 5.76. The first-order valence-corrected chi connectivity index (χ1v) is 28.9. The Hall–Kier alpha value is -1.69. The van der Waals surface area contributed by atoms with Gasteiger partial charge in [-0.1, -0.05) is 281 Å². The highest BCUT2D eigenvalue weighted by atomic mass is 16.3. The Labute approximate surface area is 406 Å². The average Bonchev–Trinajstić information content (AvgIpc) is 3.30. The van der Waals surface area contributed by atoms with Crippen LogP contribution in [0.3, 0.4) is 0 Å². The van der Waals surface area contributed by atoms with Crippen LogP contribution in [-0.4, -0.2) is 46.1 Å². The molecule has 1 amide bonds. The summed E-state index contributed by atoms with van der Waals surface area (Å²) in [6.45, 7) is 4.23. The Bertz CT molecular complexity index is 1050. The Kier molecular flexibility index (Phi) is 53.5. The molecule has 0 bridgehead atoms. The second-order valence-electron chi connectivity index (χ2n) is 19.9. The largest absolute Gasteiger partial charge is 0.394 e. The highest BCUT2D eigenvalue weighted by Crippen LogP contribution is 2.17. The lowest BCUT2D eigenvalue weighted by atomic mass is 10.0. The van der Waals surface area contributed by atoms with Crippen LogP contribution in [0.1, 0.15) is 303 Å². The smallest absolute Gasteiger partial charge is 0.222 e. The number of aliphatic hydroxyl groups is 3. The summed E-state index contributed by atoms with van der Waals surface area (Å²) in [6.07, 6.45) is 73.1. The van der Waals surface area contributed by atoms with Gasteiger partial charge in [0.1, 0.15) is 0 Å². The van der Waals surface area contributed by atoms with E-state index in [2.05, 4.69) is 55.6 Å². The number of hydrogen-bond donors (Lipinski definition) is 4. The van der Waals surface area contributed by atoms with Gasteiger partial charge in [0, 0.05) is 0 Å². The molecule has 0 radical (unpaired) electrons. The Morgan fingerprint density at radius 1 is 0.400 bits per heavy atom. The van der Waals surface area contributed by atoms with E-state index in [0.717, 1.165) is 38.5 Å². The Morgan fingerprint density at radius 2 is 0.708 bits per heavy atom. The first-order chi connectivity index (χ1) is 32.0. The second kappa shape index (κ2) is 54.9. The van der Waals surface area contributed by atoms with Crippen molar-refractivity contribution >= 4 is 5.91 Å². The van der Waals surface area contributed by atoms with Crippen LogP contribution in [-0.2, 0) is 4.79 Å². The first kappa shape index (κ1) is 63.3. The maximum absolute atomic E-state index is 12.5. The van der Waals surface area contributed by atoms with Gasteiger partial charge in [-0.25, -0.2) is 0 Å². The van der Waals surface area contributed by atoms with Crippen LogP contribution in [0.5, 0.6) is 0 Å². The molecule has 0 fully saturated rings. The van der Waals surface area contributed by atoms with Crippen molar-refractivity contribution in [3.8, 4) is 0 Å². The van der Waals surface area contributed by atoms with E-state index in [1.807, 2.05) is 6.08 Å². The van der Waals surface area contributed by atoms with Crippen molar-refractivity contribution in [3.05, 3.63) is 48.6 Å². The first-order valence-electron chi connectivity index (χ1n) is 28.9. The molecule has 0 aromatic carbocycles. The minimum absolute atomic E-state index is 0.00544. The van der Waals surface area contributed by atoms with Gasteiger partial charge < -0.3 is 20.6 Å². The number of nitrogens with one attached hydrogen (secondary N) is 1. The molecular weight excluding hydrogens is 799 g/mol. The van der Waals surface area contributed by atoms with E-state index in [1.165, 1.54) is 238 Å². The van der Waals surface area contributed by atoms with Crippen molar-refractivity contribution in [2.75, 3.05) is 6.61 Å². The second-order valence-corrected chi connectivity index (χ2v) is 19.9. The number of carbonyl (C=O) groups excluding carboxylic acids is 1. The molecule has 5 nitrogen and oxygen atoms in total. The summed E-state index contributed by atoms with van der Waals surface area (Å²) >= 11 is 0. The monoisotopic (exact) mass is 912 g/mol. The molecule has 0 aliphatic heterocycles. The molecule has 0 aliphatic carbocycles. The zero-order valence-corrected chi connectivity index (χ0v) is 43.6. The van der Waals surface area contributed by atoms with Crippen LogP contribution in [0.25, 0.3) is 0 Å². The molecule has 382 valence electrons. The van der Waals surface area contributed by atoms with Gasteiger partial charge in [-0.2, -0.15) is 0 Å². The predicted molar refractivity (Wildman–Crippen MR) is 287 cm³/mol. The molecule has 3 atom stereocenters. The van der Waals surface area contributed by atoms with E-state index in [9.17, 15) is 20.1 Å². The summed E-state index contributed by atoms with van der Waals surface area (Å²) in [5, 5.41) is 33.4. The number of aliphatic hydroxyl groups excluding tert-OH is 3. The molecular formula is C60H113NO4. The number of rotatable bonds is 53. The zero-order valence-electron chi connectivity index (χ0n) is 43.6. The predicted octanol–water partition coefficient (Wildman–Crippen LogP) is 18.0. The van der Waals surface area contributed by atoms with Crippen LogP contribution >= 0.6 is 0 Å². The number of unbranched alkanes of at least 4 members (excludes halogenated alkanes) is 38. The standard InChI is InChI=1S/C60H113NO4/c1-3-5-7-9-11-13-15-17-19-21-23-25-26-27-28-29-30-31-32-34-35-37-39-41-43-45-47-49-51-53-57(63)55-60(65)61-58(56-62)59(64)54-52-50-48-46-44-42-40-38-36-33-24-22-20-18-16-14-12-10-8-6-4-2/h23,25,27-28,44,46,52,54,57-59,62-64H,3-22,24,26,29-43,45,47-51,53,55-56H2,1-2H3,(H,61,65)/b25-23-,28-27-,46-44+,54-52+. The fourth-order valence-electron chi connectivity index (χ4n) is 8.92. The molecule has 0 aliphatic rings. The molecule has 0 heterocycles. The summed E-state index contributed by atoms with van der Waals surface area (Å²) in [7, 11) is 0. The minimum atomic E-state index is -0.954. The van der Waals surface area contributed by atoms with Crippen molar-refractivity contribution in [2.24, 2.45) is 0 Å². The van der Waals surface area contributed by atoms with Crippen molar-refractivity contribution in [3.63, 3.8) is 0 Å². The molecule has 0 spiro atoms. The molecule has 0 saturated heterocycles. The third-order valence-electron chi connectivity index (χ3n) is 13.3. The molecule has 5 heteroatoms. The number of allylic oxidation sites excluding steroid dienone is 7. The lowest BCUT2D eigenvalue weighted by molar-refractivity contribution is -0.124. The summed E-state index contributed by atoms with van der Waals surface area (Å²) in [4.78, 5) is 12.5. The van der Waals surface area contributed by atoms with E-state index in [4.69, 9.17) is 0 Å². The summed E-state index contributed by atoms with van der Waals surface area (Å²) in [5.41, 5.74) is 0. The number of carbonyl (C=O) groups is 1. The maximum Gasteiger partial charge on any atom is 0.222 e. The minimum Gasteiger partial charge on any atom is -0.394 e. The molecule has 0 aromatic rings. The average molecular weight is 913 g/mol. The zero-order chi connectivity index (χ0) is 47.2. The van der Waals surface area contributed by atoms with E-state index in [0.29, 0.717) is 6.42 Å². The molecule has 0 aromatic heterocycles. The molecule has 0 rings (SSSR count). The van der Waals surface area contributed by atoms with Crippen LogP contribution in [0, 0.1) is 0 Å². The van der Waals surface area contributed by atoms with Crippen molar-refractivity contribution in [2.45, 2.75) is 321 Å². The third-order valence-corrected chi connectivity index (χ3v) is 13.3.